The number of hydrogen-bond acceptors (Lipinski definition) is 5. The van der Waals surface area contributed by atoms with Crippen LogP contribution in [0, 0.1) is 0 Å². The molecule has 2 aromatic carbocycles. The van der Waals surface area contributed by atoms with Crippen LogP contribution in [0.25, 0.3) is 0 Å². The number of para-hydroxylation sites is 1. The Morgan fingerprint density at radius 2 is 1.79 bits per heavy atom. The predicted molar refractivity (Wildman–Crippen MR) is 111 cm³/mol. The van der Waals surface area contributed by atoms with E-state index in [4.69, 9.17) is 4.74 Å². The summed E-state index contributed by atoms with van der Waals surface area (Å²) in [5.74, 6) is 0.536. The van der Waals surface area contributed by atoms with Gasteiger partial charge in [0, 0.05) is 31.4 Å². The van der Waals surface area contributed by atoms with Crippen LogP contribution in [0.1, 0.15) is 6.42 Å². The van der Waals surface area contributed by atoms with E-state index < -0.39 is 15.6 Å². The molecule has 154 valence electrons. The Labute approximate surface area is 171 Å². The molecule has 0 aliphatic carbocycles. The van der Waals surface area contributed by atoms with Crippen LogP contribution in [0.2, 0.25) is 0 Å². The number of nitrogens with zero attached hydrogens (tertiary/aromatic N) is 3. The van der Waals surface area contributed by atoms with Gasteiger partial charge in [0.25, 0.3) is 0 Å². The number of carbonyl (C=O) groups excluding carboxylic acids is 1. The van der Waals surface area contributed by atoms with Crippen LogP contribution >= 0.6 is 0 Å². The second kappa shape index (κ2) is 7.44. The first-order valence-electron chi connectivity index (χ1n) is 9.57. The second-order valence-corrected chi connectivity index (χ2v) is 9.60. The number of ether oxygens (including phenoxy) is 1. The molecule has 29 heavy (non-hydrogen) atoms. The maximum atomic E-state index is 13.2. The van der Waals surface area contributed by atoms with Crippen molar-refractivity contribution >= 4 is 21.6 Å². The molecule has 0 saturated carbocycles. The first-order chi connectivity index (χ1) is 13.9. The minimum atomic E-state index is -3.64. The summed E-state index contributed by atoms with van der Waals surface area (Å²) in [6.45, 7) is 1.50. The Kier molecular flexibility index (Phi) is 5.10. The topological polar surface area (TPSA) is 70.2 Å². The highest BCUT2D eigenvalue weighted by Gasteiger charge is 2.50. The molecule has 2 aromatic rings. The van der Waals surface area contributed by atoms with Gasteiger partial charge in [-0.05, 0) is 37.7 Å². The number of amides is 1. The number of methoxy groups -OCH3 is 1. The fourth-order valence-corrected chi connectivity index (χ4v) is 5.73. The molecule has 0 aromatic heterocycles. The molecule has 0 unspecified atom stereocenters. The van der Waals surface area contributed by atoms with Gasteiger partial charge in [0.05, 0.1) is 24.1 Å². The standard InChI is InChI=1S/C21H25N3O4S/c1-22-14-20(25)24(17-7-4-3-5-8-17)16-21(22)11-12-23(15-21)29(26,27)19-10-6-9-18(13-19)28-2/h3-10,13H,11-12,14-16H2,1-2H3/t21-/m1/s1. The van der Waals surface area contributed by atoms with Gasteiger partial charge in [0.15, 0.2) is 0 Å². The smallest absolute Gasteiger partial charge is 0.243 e. The average molecular weight is 416 g/mol. The van der Waals surface area contributed by atoms with E-state index in [0.717, 1.165) is 5.69 Å². The van der Waals surface area contributed by atoms with E-state index in [1.807, 2.05) is 42.3 Å². The zero-order valence-electron chi connectivity index (χ0n) is 16.6. The summed E-state index contributed by atoms with van der Waals surface area (Å²) in [6, 6.07) is 16.1. The van der Waals surface area contributed by atoms with Gasteiger partial charge in [-0.3, -0.25) is 9.69 Å². The molecule has 1 spiro atoms. The van der Waals surface area contributed by atoms with Crippen molar-refractivity contribution in [1.82, 2.24) is 9.21 Å². The zero-order valence-corrected chi connectivity index (χ0v) is 17.4. The van der Waals surface area contributed by atoms with E-state index in [1.54, 1.807) is 29.2 Å². The molecule has 0 bridgehead atoms. The summed E-state index contributed by atoms with van der Waals surface area (Å²) >= 11 is 0. The molecule has 7 nitrogen and oxygen atoms in total. The van der Waals surface area contributed by atoms with Crippen LogP contribution < -0.4 is 9.64 Å². The number of hydrogen-bond donors (Lipinski definition) is 0. The molecule has 1 amide bonds. The number of anilines is 1. The molecule has 2 heterocycles. The first kappa shape index (κ1) is 19.9. The monoisotopic (exact) mass is 415 g/mol. The lowest BCUT2D eigenvalue weighted by Gasteiger charge is -2.46. The second-order valence-electron chi connectivity index (χ2n) is 7.66. The maximum absolute atomic E-state index is 13.2. The fraction of sp³-hybridized carbons (Fsp3) is 0.381. The highest BCUT2D eigenvalue weighted by atomic mass is 32.2. The predicted octanol–water partition coefficient (Wildman–Crippen LogP) is 1.81. The van der Waals surface area contributed by atoms with Gasteiger partial charge < -0.3 is 9.64 Å². The molecule has 0 radical (unpaired) electrons. The Bertz CT molecular complexity index is 1010. The van der Waals surface area contributed by atoms with Crippen molar-refractivity contribution in [3.63, 3.8) is 0 Å². The van der Waals surface area contributed by atoms with Gasteiger partial charge in [0.2, 0.25) is 15.9 Å². The van der Waals surface area contributed by atoms with Gasteiger partial charge in [-0.1, -0.05) is 24.3 Å². The molecule has 2 aliphatic rings. The number of likely N-dealkylation sites (N-methyl/N-ethyl adjacent to an activating group) is 1. The SMILES string of the molecule is COc1cccc(S(=O)(=O)N2CC[C@]3(CN(c4ccccc4)C(=O)CN3C)C2)c1. The van der Waals surface area contributed by atoms with Crippen molar-refractivity contribution in [3.8, 4) is 5.75 Å². The Morgan fingerprint density at radius 3 is 2.52 bits per heavy atom. The summed E-state index contributed by atoms with van der Waals surface area (Å²) in [5.41, 5.74) is 0.439. The summed E-state index contributed by atoms with van der Waals surface area (Å²) in [6.07, 6.45) is 0.670. The number of benzene rings is 2. The zero-order chi connectivity index (χ0) is 20.6. The van der Waals surface area contributed by atoms with Crippen LogP contribution in [0.4, 0.5) is 5.69 Å². The fourth-order valence-electron chi connectivity index (χ4n) is 4.18. The van der Waals surface area contributed by atoms with Crippen LogP contribution in [-0.4, -0.2) is 69.4 Å². The molecule has 2 fully saturated rings. The third-order valence-corrected chi connectivity index (χ3v) is 7.82. The van der Waals surface area contributed by atoms with Gasteiger partial charge >= 0.3 is 0 Å². The van der Waals surface area contributed by atoms with Crippen LogP contribution in [0.3, 0.4) is 0 Å². The van der Waals surface area contributed by atoms with Gasteiger partial charge in [-0.2, -0.15) is 4.31 Å². The molecule has 0 N–H and O–H groups in total. The van der Waals surface area contributed by atoms with Crippen molar-refractivity contribution in [3.05, 3.63) is 54.6 Å². The molecule has 2 saturated heterocycles. The highest BCUT2D eigenvalue weighted by Crippen LogP contribution is 2.36. The number of piperazine rings is 1. The van der Waals surface area contributed by atoms with Crippen molar-refractivity contribution in [1.29, 1.82) is 0 Å². The minimum Gasteiger partial charge on any atom is -0.497 e. The van der Waals surface area contributed by atoms with Crippen molar-refractivity contribution < 1.29 is 17.9 Å². The summed E-state index contributed by atoms with van der Waals surface area (Å²) < 4.78 is 33.1. The van der Waals surface area contributed by atoms with Gasteiger partial charge in [-0.15, -0.1) is 0 Å². The summed E-state index contributed by atoms with van der Waals surface area (Å²) in [4.78, 5) is 16.7. The lowest BCUT2D eigenvalue weighted by atomic mass is 9.92. The molecule has 2 aliphatic heterocycles. The maximum Gasteiger partial charge on any atom is 0.243 e. The van der Waals surface area contributed by atoms with E-state index in [1.165, 1.54) is 11.4 Å². The third-order valence-electron chi connectivity index (χ3n) is 5.98. The lowest BCUT2D eigenvalue weighted by molar-refractivity contribution is -0.123. The van der Waals surface area contributed by atoms with Crippen LogP contribution in [0.5, 0.6) is 5.75 Å². The van der Waals surface area contributed by atoms with Crippen molar-refractivity contribution in [2.45, 2.75) is 16.9 Å². The van der Waals surface area contributed by atoms with Crippen molar-refractivity contribution in [2.75, 3.05) is 45.2 Å². The Morgan fingerprint density at radius 1 is 1.03 bits per heavy atom. The molecular weight excluding hydrogens is 390 g/mol. The number of rotatable bonds is 4. The molecule has 1 atom stereocenters. The highest BCUT2D eigenvalue weighted by molar-refractivity contribution is 7.89. The molecule has 8 heteroatoms. The summed E-state index contributed by atoms with van der Waals surface area (Å²) in [5, 5.41) is 0. The van der Waals surface area contributed by atoms with E-state index >= 15 is 0 Å². The number of carbonyl (C=O) groups is 1. The van der Waals surface area contributed by atoms with E-state index in [-0.39, 0.29) is 17.3 Å². The van der Waals surface area contributed by atoms with E-state index in [9.17, 15) is 13.2 Å². The average Bonchev–Trinajstić information content (AvgIpc) is 3.18. The minimum absolute atomic E-state index is 0.0263. The third kappa shape index (κ3) is 3.52. The van der Waals surface area contributed by atoms with Crippen LogP contribution in [0.15, 0.2) is 59.5 Å². The lowest BCUT2D eigenvalue weighted by Crippen LogP contribution is -2.64. The number of sulfonamides is 1. The van der Waals surface area contributed by atoms with Crippen LogP contribution in [-0.2, 0) is 14.8 Å². The Hall–Kier alpha value is -2.42. The largest absolute Gasteiger partial charge is 0.497 e. The van der Waals surface area contributed by atoms with Gasteiger partial charge in [0.1, 0.15) is 5.75 Å². The molecular formula is C21H25N3O4S. The van der Waals surface area contributed by atoms with E-state index in [0.29, 0.717) is 31.8 Å². The molecule has 4 rings (SSSR count). The first-order valence-corrected chi connectivity index (χ1v) is 11.0. The Balaban J connectivity index is 1.60. The van der Waals surface area contributed by atoms with Gasteiger partial charge in [-0.25, -0.2) is 8.42 Å². The quantitative estimate of drug-likeness (QED) is 0.762. The van der Waals surface area contributed by atoms with Crippen molar-refractivity contribution in [2.24, 2.45) is 0 Å². The van der Waals surface area contributed by atoms with E-state index in [2.05, 4.69) is 0 Å². The normalized spacial score (nSPS) is 23.7. The summed E-state index contributed by atoms with van der Waals surface area (Å²) in [7, 11) is -0.221.